The van der Waals surface area contributed by atoms with Crippen LogP contribution in [0.1, 0.15) is 30.1 Å². The van der Waals surface area contributed by atoms with Crippen molar-refractivity contribution in [3.8, 4) is 0 Å². The van der Waals surface area contributed by atoms with Crippen LogP contribution in [0.4, 0.5) is 13.2 Å². The number of hydrogen-bond donors (Lipinski definition) is 0. The van der Waals surface area contributed by atoms with Crippen LogP contribution in [0.5, 0.6) is 0 Å². The fourth-order valence-electron chi connectivity index (χ4n) is 2.03. The Labute approximate surface area is 113 Å². The van der Waals surface area contributed by atoms with Gasteiger partial charge in [0.15, 0.2) is 0 Å². The average molecular weight is 296 g/mol. The molecule has 1 heterocycles. The molecule has 1 amide bonds. The highest BCUT2D eigenvalue weighted by Crippen LogP contribution is 2.37. The largest absolute Gasteiger partial charge is 0.452 e. The fourth-order valence-corrected chi connectivity index (χ4v) is 2.22. The van der Waals surface area contributed by atoms with Gasteiger partial charge in [-0.1, -0.05) is 0 Å². The highest BCUT2D eigenvalue weighted by Gasteiger charge is 2.41. The van der Waals surface area contributed by atoms with Gasteiger partial charge in [-0.05, 0) is 43.4 Å². The van der Waals surface area contributed by atoms with Gasteiger partial charge < -0.3 is 9.32 Å². The molecule has 0 aliphatic heterocycles. The van der Waals surface area contributed by atoms with Crippen molar-refractivity contribution in [1.29, 1.82) is 0 Å². The molecule has 3 nitrogen and oxygen atoms in total. The van der Waals surface area contributed by atoms with Crippen LogP contribution in [0.25, 0.3) is 0 Å². The standard InChI is InChI=1S/C12H13ClF3NO2/c1-7(8-2-3-8)17(6-12(14,15)16)11(18)9-4-5-19-10(9)13/h4-5,7-8H,2-3,6H2,1H3. The molecule has 2 rings (SSSR count). The molecule has 1 fully saturated rings. The summed E-state index contributed by atoms with van der Waals surface area (Å²) in [6.07, 6.45) is -1.55. The number of furan rings is 1. The lowest BCUT2D eigenvalue weighted by molar-refractivity contribution is -0.144. The van der Waals surface area contributed by atoms with Gasteiger partial charge in [0.1, 0.15) is 6.54 Å². The van der Waals surface area contributed by atoms with E-state index in [0.717, 1.165) is 17.7 Å². The van der Waals surface area contributed by atoms with Crippen molar-refractivity contribution >= 4 is 17.5 Å². The second-order valence-electron chi connectivity index (χ2n) is 4.73. The quantitative estimate of drug-likeness (QED) is 0.848. The van der Waals surface area contributed by atoms with Crippen molar-refractivity contribution in [2.24, 2.45) is 5.92 Å². The first kappa shape index (κ1) is 14.2. The minimum absolute atomic E-state index is 0.0292. The van der Waals surface area contributed by atoms with Crippen LogP contribution in [0.3, 0.4) is 0 Å². The van der Waals surface area contributed by atoms with E-state index in [1.165, 1.54) is 12.3 Å². The summed E-state index contributed by atoms with van der Waals surface area (Å²) >= 11 is 5.65. The van der Waals surface area contributed by atoms with Crippen LogP contribution in [0.2, 0.25) is 5.22 Å². The van der Waals surface area contributed by atoms with Gasteiger partial charge in [-0.3, -0.25) is 4.79 Å². The molecule has 1 atom stereocenters. The Morgan fingerprint density at radius 1 is 1.58 bits per heavy atom. The molecule has 0 N–H and O–H groups in total. The van der Waals surface area contributed by atoms with Gasteiger partial charge in [0.05, 0.1) is 11.8 Å². The maximum absolute atomic E-state index is 12.6. The number of carbonyl (C=O) groups is 1. The molecule has 7 heteroatoms. The molecule has 19 heavy (non-hydrogen) atoms. The van der Waals surface area contributed by atoms with Gasteiger partial charge in [-0.2, -0.15) is 13.2 Å². The summed E-state index contributed by atoms with van der Waals surface area (Å²) < 4.78 is 42.6. The number of rotatable bonds is 4. The summed E-state index contributed by atoms with van der Waals surface area (Å²) in [6.45, 7) is 0.361. The second kappa shape index (κ2) is 5.07. The maximum Gasteiger partial charge on any atom is 0.406 e. The number of alkyl halides is 3. The minimum atomic E-state index is -4.44. The highest BCUT2D eigenvalue weighted by molar-refractivity contribution is 6.32. The number of carbonyl (C=O) groups excluding carboxylic acids is 1. The number of hydrogen-bond acceptors (Lipinski definition) is 2. The van der Waals surface area contributed by atoms with Crippen molar-refractivity contribution in [2.45, 2.75) is 32.0 Å². The van der Waals surface area contributed by atoms with Crippen molar-refractivity contribution in [2.75, 3.05) is 6.54 Å². The minimum Gasteiger partial charge on any atom is -0.452 e. The molecule has 1 aliphatic carbocycles. The van der Waals surface area contributed by atoms with E-state index >= 15 is 0 Å². The third-order valence-corrected chi connectivity index (χ3v) is 3.55. The lowest BCUT2D eigenvalue weighted by Gasteiger charge is -2.30. The van der Waals surface area contributed by atoms with Crippen molar-refractivity contribution in [1.82, 2.24) is 4.90 Å². The lowest BCUT2D eigenvalue weighted by Crippen LogP contribution is -2.45. The Hall–Kier alpha value is -1.17. The predicted molar refractivity (Wildman–Crippen MR) is 63.0 cm³/mol. The molecule has 106 valence electrons. The molecule has 0 saturated heterocycles. The van der Waals surface area contributed by atoms with Crippen molar-refractivity contribution < 1.29 is 22.4 Å². The SMILES string of the molecule is CC(C1CC1)N(CC(F)(F)F)C(=O)c1ccoc1Cl. The first-order chi connectivity index (χ1) is 8.79. The van der Waals surface area contributed by atoms with E-state index < -0.39 is 24.7 Å². The molecule has 1 saturated carbocycles. The Morgan fingerprint density at radius 3 is 2.63 bits per heavy atom. The van der Waals surface area contributed by atoms with Crippen LogP contribution in [0, 0.1) is 5.92 Å². The van der Waals surface area contributed by atoms with Crippen LogP contribution in [0.15, 0.2) is 16.7 Å². The third kappa shape index (κ3) is 3.43. The zero-order chi connectivity index (χ0) is 14.2. The summed E-state index contributed by atoms with van der Waals surface area (Å²) in [5.41, 5.74) is -0.0292. The van der Waals surface area contributed by atoms with Gasteiger partial charge in [-0.25, -0.2) is 0 Å². The second-order valence-corrected chi connectivity index (χ2v) is 5.08. The molecular weight excluding hydrogens is 283 g/mol. The number of nitrogens with zero attached hydrogens (tertiary/aromatic N) is 1. The molecule has 0 radical (unpaired) electrons. The van der Waals surface area contributed by atoms with E-state index in [-0.39, 0.29) is 16.7 Å². The summed E-state index contributed by atoms with van der Waals surface area (Å²) in [5, 5.41) is -0.180. The Morgan fingerprint density at radius 2 is 2.21 bits per heavy atom. The normalized spacial score (nSPS) is 17.3. The predicted octanol–water partition coefficient (Wildman–Crippen LogP) is 3.74. The molecule has 1 aliphatic rings. The van der Waals surface area contributed by atoms with Crippen LogP contribution >= 0.6 is 11.6 Å². The summed E-state index contributed by atoms with van der Waals surface area (Å²) in [7, 11) is 0. The zero-order valence-electron chi connectivity index (χ0n) is 10.2. The van der Waals surface area contributed by atoms with Gasteiger partial charge in [0.25, 0.3) is 5.91 Å². The van der Waals surface area contributed by atoms with E-state index in [9.17, 15) is 18.0 Å². The molecular formula is C12H13ClF3NO2. The smallest absolute Gasteiger partial charge is 0.406 e. The molecule has 0 aromatic carbocycles. The van der Waals surface area contributed by atoms with Crippen molar-refractivity contribution in [3.63, 3.8) is 0 Å². The number of amides is 1. The topological polar surface area (TPSA) is 33.5 Å². The summed E-state index contributed by atoms with van der Waals surface area (Å²) in [5.74, 6) is -0.604. The number of halogens is 4. The first-order valence-electron chi connectivity index (χ1n) is 5.90. The van der Waals surface area contributed by atoms with E-state index in [2.05, 4.69) is 0 Å². The van der Waals surface area contributed by atoms with Crippen molar-refractivity contribution in [3.05, 3.63) is 23.1 Å². The monoisotopic (exact) mass is 295 g/mol. The molecule has 1 aromatic heterocycles. The maximum atomic E-state index is 12.6. The third-order valence-electron chi connectivity index (χ3n) is 3.25. The average Bonchev–Trinajstić information content (AvgIpc) is 3.06. The Kier molecular flexibility index (Phi) is 3.80. The van der Waals surface area contributed by atoms with Gasteiger partial charge >= 0.3 is 6.18 Å². The van der Waals surface area contributed by atoms with Crippen LogP contribution in [-0.4, -0.2) is 29.6 Å². The van der Waals surface area contributed by atoms with Crippen LogP contribution in [-0.2, 0) is 0 Å². The van der Waals surface area contributed by atoms with Gasteiger partial charge in [-0.15, -0.1) is 0 Å². The fraction of sp³-hybridized carbons (Fsp3) is 0.583. The Bertz CT molecular complexity index is 468. The van der Waals surface area contributed by atoms with E-state index in [1.807, 2.05) is 0 Å². The highest BCUT2D eigenvalue weighted by atomic mass is 35.5. The zero-order valence-corrected chi connectivity index (χ0v) is 11.0. The first-order valence-corrected chi connectivity index (χ1v) is 6.28. The van der Waals surface area contributed by atoms with E-state index in [4.69, 9.17) is 16.0 Å². The van der Waals surface area contributed by atoms with E-state index in [1.54, 1.807) is 6.92 Å². The van der Waals surface area contributed by atoms with Crippen LogP contribution < -0.4 is 0 Å². The van der Waals surface area contributed by atoms with Gasteiger partial charge in [0, 0.05) is 6.04 Å². The summed E-state index contributed by atoms with van der Waals surface area (Å²) in [6, 6.07) is 0.827. The molecule has 0 bridgehead atoms. The lowest BCUT2D eigenvalue weighted by atomic mass is 10.1. The molecule has 0 spiro atoms. The van der Waals surface area contributed by atoms with Gasteiger partial charge in [0.2, 0.25) is 5.22 Å². The Balaban J connectivity index is 2.21. The molecule has 1 aromatic rings. The van der Waals surface area contributed by atoms with E-state index in [0.29, 0.717) is 0 Å². The summed E-state index contributed by atoms with van der Waals surface area (Å²) in [4.78, 5) is 13.0. The molecule has 1 unspecified atom stereocenters.